The number of nitrogens with zero attached hydrogens (tertiary/aromatic N) is 2. The molecule has 1 aromatic heterocycles. The molecule has 0 amide bonds. The van der Waals surface area contributed by atoms with Gasteiger partial charge in [0.25, 0.3) is 0 Å². The molecule has 0 aliphatic rings. The smallest absolute Gasteiger partial charge is 0.178 e. The Morgan fingerprint density at radius 1 is 1.00 bits per heavy atom. The Kier molecular flexibility index (Phi) is 2.84. The molecule has 78 valence electrons. The number of hydrazine groups is 1. The van der Waals surface area contributed by atoms with Gasteiger partial charge in [-0.15, -0.1) is 0 Å². The lowest BCUT2D eigenvalue weighted by Crippen LogP contribution is -2.09. The largest absolute Gasteiger partial charge is 0.306 e. The predicted octanol–water partition coefficient (Wildman–Crippen LogP) is 2.88. The second kappa shape index (κ2) is 3.98. The molecule has 15 heavy (non-hydrogen) atoms. The standard InChI is InChI=1S/C8H5Cl3N4/c9-3-1-5-6(2-4(3)10)14-8(15-12)7(11)13-5/h1-2H,12H2,(H,14,15). The third-order valence-electron chi connectivity index (χ3n) is 1.80. The van der Waals surface area contributed by atoms with Crippen molar-refractivity contribution in [2.75, 3.05) is 5.43 Å². The maximum Gasteiger partial charge on any atom is 0.178 e. The molecule has 0 fully saturated rings. The Hall–Kier alpha value is -0.810. The zero-order chi connectivity index (χ0) is 11.0. The number of hydrogen-bond donors (Lipinski definition) is 2. The molecule has 0 radical (unpaired) electrons. The van der Waals surface area contributed by atoms with Crippen molar-refractivity contribution in [2.24, 2.45) is 5.84 Å². The van der Waals surface area contributed by atoms with Gasteiger partial charge in [-0.05, 0) is 12.1 Å². The van der Waals surface area contributed by atoms with Gasteiger partial charge in [0, 0.05) is 0 Å². The van der Waals surface area contributed by atoms with Crippen molar-refractivity contribution >= 4 is 51.7 Å². The first kappa shape index (κ1) is 10.7. The highest BCUT2D eigenvalue weighted by molar-refractivity contribution is 6.42. The number of nitrogens with two attached hydrogens (primary N) is 1. The van der Waals surface area contributed by atoms with E-state index in [0.29, 0.717) is 26.9 Å². The molecular formula is C8H5Cl3N4. The van der Waals surface area contributed by atoms with Gasteiger partial charge in [-0.1, -0.05) is 34.8 Å². The SMILES string of the molecule is NNc1nc2cc(Cl)c(Cl)cc2nc1Cl. The van der Waals surface area contributed by atoms with Crippen molar-refractivity contribution in [2.45, 2.75) is 0 Å². The monoisotopic (exact) mass is 262 g/mol. The second-order valence-corrected chi connectivity index (χ2v) is 3.93. The molecule has 0 saturated heterocycles. The highest BCUT2D eigenvalue weighted by Crippen LogP contribution is 2.28. The normalized spacial score (nSPS) is 10.7. The van der Waals surface area contributed by atoms with Gasteiger partial charge < -0.3 is 5.43 Å². The van der Waals surface area contributed by atoms with Crippen LogP contribution in [-0.2, 0) is 0 Å². The van der Waals surface area contributed by atoms with E-state index in [2.05, 4.69) is 15.4 Å². The van der Waals surface area contributed by atoms with Crippen molar-refractivity contribution < 1.29 is 0 Å². The van der Waals surface area contributed by atoms with Gasteiger partial charge in [0.2, 0.25) is 0 Å². The van der Waals surface area contributed by atoms with Crippen LogP contribution in [0.25, 0.3) is 11.0 Å². The van der Waals surface area contributed by atoms with Crippen LogP contribution in [0.5, 0.6) is 0 Å². The van der Waals surface area contributed by atoms with E-state index in [1.807, 2.05) is 0 Å². The first-order valence-corrected chi connectivity index (χ1v) is 5.04. The zero-order valence-corrected chi connectivity index (χ0v) is 9.53. The summed E-state index contributed by atoms with van der Waals surface area (Å²) in [7, 11) is 0. The molecule has 2 rings (SSSR count). The van der Waals surface area contributed by atoms with Gasteiger partial charge >= 0.3 is 0 Å². The molecule has 1 heterocycles. The number of anilines is 1. The minimum absolute atomic E-state index is 0.184. The Morgan fingerprint density at radius 2 is 1.53 bits per heavy atom. The third-order valence-corrected chi connectivity index (χ3v) is 2.79. The quantitative estimate of drug-likeness (QED) is 0.613. The molecule has 0 saturated carbocycles. The fourth-order valence-corrected chi connectivity index (χ4v) is 1.63. The Labute approximate surface area is 100 Å². The van der Waals surface area contributed by atoms with E-state index < -0.39 is 0 Å². The van der Waals surface area contributed by atoms with Crippen LogP contribution >= 0.6 is 34.8 Å². The lowest BCUT2D eigenvalue weighted by atomic mass is 10.3. The number of aromatic nitrogens is 2. The number of hydrogen-bond acceptors (Lipinski definition) is 4. The Morgan fingerprint density at radius 3 is 2.07 bits per heavy atom. The highest BCUT2D eigenvalue weighted by atomic mass is 35.5. The topological polar surface area (TPSA) is 63.8 Å². The van der Waals surface area contributed by atoms with E-state index in [-0.39, 0.29) is 5.15 Å². The average Bonchev–Trinajstić information content (AvgIpc) is 2.20. The van der Waals surface area contributed by atoms with E-state index in [0.717, 1.165) is 0 Å². The summed E-state index contributed by atoms with van der Waals surface area (Å²) in [5.41, 5.74) is 3.47. The van der Waals surface area contributed by atoms with Gasteiger partial charge in [0.05, 0.1) is 21.1 Å². The van der Waals surface area contributed by atoms with Crippen molar-refractivity contribution in [3.8, 4) is 0 Å². The first-order chi connectivity index (χ1) is 7.11. The number of halogens is 3. The fraction of sp³-hybridized carbons (Fsp3) is 0. The molecule has 0 atom stereocenters. The Bertz CT molecular complexity index is 529. The van der Waals surface area contributed by atoms with Crippen LogP contribution in [0.3, 0.4) is 0 Å². The summed E-state index contributed by atoms with van der Waals surface area (Å²) in [6.07, 6.45) is 0. The molecule has 0 bridgehead atoms. The minimum atomic E-state index is 0.184. The number of nitrogen functional groups attached to an aromatic ring is 1. The van der Waals surface area contributed by atoms with Gasteiger partial charge in [-0.3, -0.25) is 0 Å². The van der Waals surface area contributed by atoms with Crippen LogP contribution in [0.1, 0.15) is 0 Å². The molecule has 0 aliphatic heterocycles. The fourth-order valence-electron chi connectivity index (χ4n) is 1.12. The van der Waals surface area contributed by atoms with Crippen LogP contribution in [0.2, 0.25) is 15.2 Å². The molecular weight excluding hydrogens is 258 g/mol. The number of rotatable bonds is 1. The maximum atomic E-state index is 5.84. The molecule has 7 heteroatoms. The predicted molar refractivity (Wildman–Crippen MR) is 62.4 cm³/mol. The summed E-state index contributed by atoms with van der Waals surface area (Å²) >= 11 is 17.5. The molecule has 3 N–H and O–H groups in total. The summed E-state index contributed by atoms with van der Waals surface area (Å²) in [5.74, 6) is 5.51. The number of benzene rings is 1. The van der Waals surface area contributed by atoms with Crippen molar-refractivity contribution in [3.63, 3.8) is 0 Å². The molecule has 2 aromatic rings. The summed E-state index contributed by atoms with van der Waals surface area (Å²) in [6.45, 7) is 0. The summed E-state index contributed by atoms with van der Waals surface area (Å²) < 4.78 is 0. The molecule has 1 aromatic carbocycles. The lowest BCUT2D eigenvalue weighted by molar-refractivity contribution is 1.22. The van der Waals surface area contributed by atoms with Crippen LogP contribution in [0, 0.1) is 0 Å². The summed E-state index contributed by atoms with van der Waals surface area (Å²) in [6, 6.07) is 3.20. The molecule has 0 aliphatic carbocycles. The van der Waals surface area contributed by atoms with E-state index in [4.69, 9.17) is 40.6 Å². The van der Waals surface area contributed by atoms with E-state index >= 15 is 0 Å². The Balaban J connectivity index is 2.76. The van der Waals surface area contributed by atoms with Crippen molar-refractivity contribution in [3.05, 3.63) is 27.3 Å². The summed E-state index contributed by atoms with van der Waals surface area (Å²) in [4.78, 5) is 8.19. The van der Waals surface area contributed by atoms with Crippen LogP contribution in [0.15, 0.2) is 12.1 Å². The number of nitrogens with one attached hydrogen (secondary N) is 1. The lowest BCUT2D eigenvalue weighted by Gasteiger charge is -2.04. The van der Waals surface area contributed by atoms with Gasteiger partial charge in [-0.25, -0.2) is 15.8 Å². The van der Waals surface area contributed by atoms with Gasteiger partial charge in [0.1, 0.15) is 0 Å². The molecule has 4 nitrogen and oxygen atoms in total. The van der Waals surface area contributed by atoms with Crippen molar-refractivity contribution in [1.29, 1.82) is 0 Å². The first-order valence-electron chi connectivity index (χ1n) is 3.90. The van der Waals surface area contributed by atoms with Gasteiger partial charge in [-0.2, -0.15) is 0 Å². The maximum absolute atomic E-state index is 5.84. The minimum Gasteiger partial charge on any atom is -0.306 e. The molecule has 0 unspecified atom stereocenters. The van der Waals surface area contributed by atoms with Crippen LogP contribution in [0.4, 0.5) is 5.82 Å². The van der Waals surface area contributed by atoms with E-state index in [9.17, 15) is 0 Å². The van der Waals surface area contributed by atoms with E-state index in [1.54, 1.807) is 12.1 Å². The van der Waals surface area contributed by atoms with Crippen molar-refractivity contribution in [1.82, 2.24) is 9.97 Å². The second-order valence-electron chi connectivity index (χ2n) is 2.76. The average molecular weight is 264 g/mol. The number of fused-ring (bicyclic) bond motifs is 1. The van der Waals surface area contributed by atoms with Crippen LogP contribution < -0.4 is 11.3 Å². The van der Waals surface area contributed by atoms with Crippen LogP contribution in [-0.4, -0.2) is 9.97 Å². The third kappa shape index (κ3) is 1.94. The highest BCUT2D eigenvalue weighted by Gasteiger charge is 2.08. The zero-order valence-electron chi connectivity index (χ0n) is 7.26. The van der Waals surface area contributed by atoms with Gasteiger partial charge in [0.15, 0.2) is 11.0 Å². The molecule has 0 spiro atoms. The van der Waals surface area contributed by atoms with E-state index in [1.165, 1.54) is 0 Å². The summed E-state index contributed by atoms with van der Waals surface area (Å²) in [5, 5.41) is 0.996.